The zero-order valence-electron chi connectivity index (χ0n) is 16.0. The van der Waals surface area contributed by atoms with Crippen LogP contribution in [0.4, 0.5) is 11.8 Å². The number of aromatic nitrogens is 4. The molecular weight excluding hydrogens is 356 g/mol. The highest BCUT2D eigenvalue weighted by atomic mass is 16.5. The first kappa shape index (κ1) is 17.2. The van der Waals surface area contributed by atoms with Crippen LogP contribution in [0.25, 0.3) is 11.0 Å². The predicted octanol–water partition coefficient (Wildman–Crippen LogP) is 2.15. The van der Waals surface area contributed by atoms with Gasteiger partial charge in [-0.05, 0) is 30.5 Å². The average Bonchev–Trinajstić information content (AvgIpc) is 3.08. The minimum absolute atomic E-state index is 0.709. The van der Waals surface area contributed by atoms with Crippen LogP contribution >= 0.6 is 0 Å². The van der Waals surface area contributed by atoms with Crippen molar-refractivity contribution in [1.29, 1.82) is 0 Å². The second-order valence-corrected chi connectivity index (χ2v) is 7.21. The molecule has 0 saturated carbocycles. The van der Waals surface area contributed by atoms with Crippen molar-refractivity contribution >= 4 is 22.8 Å². The molecule has 0 bridgehead atoms. The van der Waals surface area contributed by atoms with Crippen LogP contribution in [0.2, 0.25) is 0 Å². The van der Waals surface area contributed by atoms with Gasteiger partial charge in [0.25, 0.3) is 0 Å². The largest absolute Gasteiger partial charge is 0.497 e. The van der Waals surface area contributed by atoms with E-state index in [9.17, 15) is 0 Å². The standard InChI is InChI=1S/C20H24N6O2/c1-27-15-6-4-14(5-7-15)13-26-8-2-3-16-17-18(24-23-16)21-20(22-19(17)26)25-9-11-28-12-10-25/h4-7H,2-3,8-13H2,1H3,(H,21,22,23,24). The van der Waals surface area contributed by atoms with Crippen LogP contribution in [0.5, 0.6) is 5.75 Å². The quantitative estimate of drug-likeness (QED) is 0.743. The topological polar surface area (TPSA) is 79.4 Å². The summed E-state index contributed by atoms with van der Waals surface area (Å²) >= 11 is 0. The fraction of sp³-hybridized carbons (Fsp3) is 0.450. The average molecular weight is 380 g/mol. The third kappa shape index (κ3) is 3.13. The summed E-state index contributed by atoms with van der Waals surface area (Å²) in [4.78, 5) is 14.3. The van der Waals surface area contributed by atoms with E-state index in [2.05, 4.69) is 32.1 Å². The number of ether oxygens (including phenoxy) is 2. The van der Waals surface area contributed by atoms with Crippen molar-refractivity contribution in [3.63, 3.8) is 0 Å². The van der Waals surface area contributed by atoms with Crippen LogP contribution in [-0.4, -0.2) is 60.1 Å². The number of nitrogens with one attached hydrogen (secondary N) is 1. The summed E-state index contributed by atoms with van der Waals surface area (Å²) in [5.74, 6) is 2.60. The highest BCUT2D eigenvalue weighted by molar-refractivity contribution is 5.91. The summed E-state index contributed by atoms with van der Waals surface area (Å²) < 4.78 is 10.8. The molecule has 4 heterocycles. The Hall–Kier alpha value is -2.87. The molecule has 8 heteroatoms. The number of aromatic amines is 1. The smallest absolute Gasteiger partial charge is 0.229 e. The van der Waals surface area contributed by atoms with E-state index in [0.717, 1.165) is 73.3 Å². The number of hydrogen-bond acceptors (Lipinski definition) is 7. The number of methoxy groups -OCH3 is 1. The first-order valence-corrected chi connectivity index (χ1v) is 9.77. The Labute approximate surface area is 163 Å². The Morgan fingerprint density at radius 2 is 1.93 bits per heavy atom. The maximum absolute atomic E-state index is 5.48. The minimum atomic E-state index is 0.709. The van der Waals surface area contributed by atoms with Crippen molar-refractivity contribution in [2.75, 3.05) is 49.8 Å². The second-order valence-electron chi connectivity index (χ2n) is 7.21. The maximum atomic E-state index is 5.48. The minimum Gasteiger partial charge on any atom is -0.497 e. The van der Waals surface area contributed by atoms with Gasteiger partial charge >= 0.3 is 0 Å². The Morgan fingerprint density at radius 3 is 2.71 bits per heavy atom. The van der Waals surface area contributed by atoms with E-state index >= 15 is 0 Å². The number of anilines is 2. The molecule has 2 aromatic heterocycles. The van der Waals surface area contributed by atoms with Crippen molar-refractivity contribution in [2.45, 2.75) is 19.4 Å². The van der Waals surface area contributed by atoms with E-state index in [-0.39, 0.29) is 0 Å². The number of hydrogen-bond donors (Lipinski definition) is 1. The van der Waals surface area contributed by atoms with E-state index < -0.39 is 0 Å². The zero-order valence-corrected chi connectivity index (χ0v) is 16.0. The third-order valence-electron chi connectivity index (χ3n) is 5.43. The van der Waals surface area contributed by atoms with Crippen LogP contribution in [0.1, 0.15) is 17.7 Å². The van der Waals surface area contributed by atoms with E-state index in [1.54, 1.807) is 7.11 Å². The van der Waals surface area contributed by atoms with Gasteiger partial charge in [-0.1, -0.05) is 12.1 Å². The third-order valence-corrected chi connectivity index (χ3v) is 5.43. The lowest BCUT2D eigenvalue weighted by Gasteiger charge is -2.29. The van der Waals surface area contributed by atoms with E-state index in [1.807, 2.05) is 12.1 Å². The van der Waals surface area contributed by atoms with Gasteiger partial charge in [0.1, 0.15) is 11.6 Å². The fourth-order valence-electron chi connectivity index (χ4n) is 3.92. The molecule has 1 fully saturated rings. The van der Waals surface area contributed by atoms with Crippen molar-refractivity contribution in [1.82, 2.24) is 20.2 Å². The number of morpholine rings is 1. The number of rotatable bonds is 4. The lowest BCUT2D eigenvalue weighted by Crippen LogP contribution is -2.37. The van der Waals surface area contributed by atoms with Crippen LogP contribution in [0, 0.1) is 0 Å². The highest BCUT2D eigenvalue weighted by Gasteiger charge is 2.25. The SMILES string of the molecule is COc1ccc(CN2CCCc3n[nH]c4nc(N5CCOCC5)nc2c34)cc1. The van der Waals surface area contributed by atoms with E-state index in [1.165, 1.54) is 5.56 Å². The number of nitrogens with zero attached hydrogens (tertiary/aromatic N) is 5. The molecule has 8 nitrogen and oxygen atoms in total. The van der Waals surface area contributed by atoms with Crippen LogP contribution in [-0.2, 0) is 17.7 Å². The summed E-state index contributed by atoms with van der Waals surface area (Å²) in [6, 6.07) is 8.23. The monoisotopic (exact) mass is 380 g/mol. The van der Waals surface area contributed by atoms with Crippen LogP contribution in [0.3, 0.4) is 0 Å². The number of benzene rings is 1. The zero-order chi connectivity index (χ0) is 18.9. The molecule has 28 heavy (non-hydrogen) atoms. The lowest BCUT2D eigenvalue weighted by atomic mass is 10.2. The summed E-state index contributed by atoms with van der Waals surface area (Å²) in [5.41, 5.74) is 3.12. The van der Waals surface area contributed by atoms with Gasteiger partial charge in [0, 0.05) is 26.2 Å². The first-order chi connectivity index (χ1) is 13.8. The molecule has 5 rings (SSSR count). The number of aryl methyl sites for hydroxylation is 1. The molecule has 146 valence electrons. The van der Waals surface area contributed by atoms with Gasteiger partial charge in [0.15, 0.2) is 5.65 Å². The van der Waals surface area contributed by atoms with Crippen molar-refractivity contribution in [2.24, 2.45) is 0 Å². The Balaban J connectivity index is 1.53. The highest BCUT2D eigenvalue weighted by Crippen LogP contribution is 2.32. The first-order valence-electron chi connectivity index (χ1n) is 9.77. The van der Waals surface area contributed by atoms with Gasteiger partial charge < -0.3 is 19.3 Å². The van der Waals surface area contributed by atoms with Gasteiger partial charge in [-0.15, -0.1) is 0 Å². The molecule has 0 radical (unpaired) electrons. The van der Waals surface area contributed by atoms with Crippen LogP contribution in [0.15, 0.2) is 24.3 Å². The molecular formula is C20H24N6O2. The maximum Gasteiger partial charge on any atom is 0.229 e. The molecule has 2 aliphatic rings. The molecule has 2 aliphatic heterocycles. The van der Waals surface area contributed by atoms with E-state index in [4.69, 9.17) is 19.4 Å². The van der Waals surface area contributed by atoms with Gasteiger partial charge in [-0.2, -0.15) is 15.1 Å². The van der Waals surface area contributed by atoms with Gasteiger partial charge in [-0.25, -0.2) is 0 Å². The molecule has 0 atom stereocenters. The predicted molar refractivity (Wildman–Crippen MR) is 107 cm³/mol. The molecule has 0 spiro atoms. The molecule has 1 saturated heterocycles. The lowest BCUT2D eigenvalue weighted by molar-refractivity contribution is 0.122. The molecule has 0 amide bonds. The summed E-state index contributed by atoms with van der Waals surface area (Å²) in [5, 5.41) is 8.71. The molecule has 1 aromatic carbocycles. The summed E-state index contributed by atoms with van der Waals surface area (Å²) in [6.07, 6.45) is 1.98. The molecule has 1 N–H and O–H groups in total. The molecule has 0 aliphatic carbocycles. The van der Waals surface area contributed by atoms with Gasteiger partial charge in [0.2, 0.25) is 5.95 Å². The molecule has 3 aromatic rings. The van der Waals surface area contributed by atoms with Crippen molar-refractivity contribution < 1.29 is 9.47 Å². The normalized spacial score (nSPS) is 17.0. The second kappa shape index (κ2) is 7.27. The Bertz CT molecular complexity index is 965. The number of H-pyrrole nitrogens is 1. The summed E-state index contributed by atoms with van der Waals surface area (Å²) in [6.45, 7) is 4.77. The van der Waals surface area contributed by atoms with Gasteiger partial charge in [-0.3, -0.25) is 5.10 Å². The summed E-state index contributed by atoms with van der Waals surface area (Å²) in [7, 11) is 1.69. The Kier molecular flexibility index (Phi) is 4.48. The van der Waals surface area contributed by atoms with Crippen LogP contribution < -0.4 is 14.5 Å². The fourth-order valence-corrected chi connectivity index (χ4v) is 3.92. The molecule has 0 unspecified atom stereocenters. The van der Waals surface area contributed by atoms with E-state index in [0.29, 0.717) is 13.2 Å². The van der Waals surface area contributed by atoms with Crippen molar-refractivity contribution in [3.05, 3.63) is 35.5 Å². The van der Waals surface area contributed by atoms with Gasteiger partial charge in [0.05, 0.1) is 31.4 Å². The Morgan fingerprint density at radius 1 is 1.11 bits per heavy atom. The van der Waals surface area contributed by atoms with Crippen molar-refractivity contribution in [3.8, 4) is 5.75 Å².